The first kappa shape index (κ1) is 15.7. The van der Waals surface area contributed by atoms with Crippen LogP contribution in [0.1, 0.15) is 36.8 Å². The standard InChI is InChI=1S/C15H20F3N3/c1-11(6-9-21-14-19-7-3-8-20-14)12-4-2-5-13(10-12)15(16,17)18/h2,4-5,10-11H,3,6-9H2,1H3,(H2,19,20,21). The second-order valence-corrected chi connectivity index (χ2v) is 5.25. The summed E-state index contributed by atoms with van der Waals surface area (Å²) in [5, 5.41) is 6.34. The fourth-order valence-corrected chi connectivity index (χ4v) is 2.25. The molecule has 6 heteroatoms. The van der Waals surface area contributed by atoms with Gasteiger partial charge in [-0.15, -0.1) is 0 Å². The van der Waals surface area contributed by atoms with Gasteiger partial charge in [-0.3, -0.25) is 4.99 Å². The van der Waals surface area contributed by atoms with Crippen LogP contribution in [0, 0.1) is 0 Å². The molecule has 1 aromatic rings. The quantitative estimate of drug-likeness (QED) is 0.896. The van der Waals surface area contributed by atoms with Crippen LogP contribution >= 0.6 is 0 Å². The molecule has 1 aliphatic rings. The van der Waals surface area contributed by atoms with Gasteiger partial charge in [-0.1, -0.05) is 25.1 Å². The zero-order valence-corrected chi connectivity index (χ0v) is 12.0. The summed E-state index contributed by atoms with van der Waals surface area (Å²) >= 11 is 0. The van der Waals surface area contributed by atoms with E-state index in [2.05, 4.69) is 15.6 Å². The van der Waals surface area contributed by atoms with Gasteiger partial charge in [0.1, 0.15) is 0 Å². The van der Waals surface area contributed by atoms with E-state index in [1.807, 2.05) is 6.92 Å². The number of nitrogens with zero attached hydrogens (tertiary/aromatic N) is 1. The highest BCUT2D eigenvalue weighted by Crippen LogP contribution is 2.31. The molecule has 1 atom stereocenters. The van der Waals surface area contributed by atoms with E-state index >= 15 is 0 Å². The van der Waals surface area contributed by atoms with Crippen molar-refractivity contribution in [3.05, 3.63) is 35.4 Å². The number of nitrogens with one attached hydrogen (secondary N) is 2. The van der Waals surface area contributed by atoms with Crippen molar-refractivity contribution in [2.75, 3.05) is 19.6 Å². The van der Waals surface area contributed by atoms with Gasteiger partial charge >= 0.3 is 6.18 Å². The van der Waals surface area contributed by atoms with E-state index in [0.29, 0.717) is 12.1 Å². The van der Waals surface area contributed by atoms with Crippen molar-refractivity contribution in [3.63, 3.8) is 0 Å². The van der Waals surface area contributed by atoms with Gasteiger partial charge < -0.3 is 10.6 Å². The Morgan fingerprint density at radius 1 is 1.38 bits per heavy atom. The molecule has 1 unspecified atom stereocenters. The predicted molar refractivity (Wildman–Crippen MR) is 77.4 cm³/mol. The lowest BCUT2D eigenvalue weighted by Gasteiger charge is -2.18. The predicted octanol–water partition coefficient (Wildman–Crippen LogP) is 3.14. The smallest absolute Gasteiger partial charge is 0.356 e. The molecule has 0 amide bonds. The molecule has 21 heavy (non-hydrogen) atoms. The molecular formula is C15H20F3N3. The van der Waals surface area contributed by atoms with Crippen molar-refractivity contribution in [1.29, 1.82) is 0 Å². The molecular weight excluding hydrogens is 279 g/mol. The molecule has 0 fully saturated rings. The monoisotopic (exact) mass is 299 g/mol. The Bertz CT molecular complexity index is 497. The summed E-state index contributed by atoms with van der Waals surface area (Å²) in [4.78, 5) is 4.29. The van der Waals surface area contributed by atoms with E-state index in [1.54, 1.807) is 6.07 Å². The van der Waals surface area contributed by atoms with Crippen LogP contribution in [0.15, 0.2) is 29.3 Å². The Morgan fingerprint density at radius 3 is 2.86 bits per heavy atom. The number of hydrogen-bond donors (Lipinski definition) is 2. The average molecular weight is 299 g/mol. The summed E-state index contributed by atoms with van der Waals surface area (Å²) in [6.45, 7) is 4.35. The van der Waals surface area contributed by atoms with E-state index in [9.17, 15) is 13.2 Å². The van der Waals surface area contributed by atoms with Crippen molar-refractivity contribution >= 4 is 5.96 Å². The van der Waals surface area contributed by atoms with Crippen molar-refractivity contribution in [3.8, 4) is 0 Å². The van der Waals surface area contributed by atoms with Gasteiger partial charge in [-0.25, -0.2) is 0 Å². The van der Waals surface area contributed by atoms with Crippen molar-refractivity contribution < 1.29 is 13.2 Å². The topological polar surface area (TPSA) is 36.4 Å². The summed E-state index contributed by atoms with van der Waals surface area (Å²) in [6.07, 6.45) is -2.50. The molecule has 0 bridgehead atoms. The number of benzene rings is 1. The summed E-state index contributed by atoms with van der Waals surface area (Å²) in [7, 11) is 0. The SMILES string of the molecule is CC(CCNC1=NCCCN1)c1cccc(C(F)(F)F)c1. The second-order valence-electron chi connectivity index (χ2n) is 5.25. The molecule has 0 aliphatic carbocycles. The molecule has 0 saturated carbocycles. The number of guanidine groups is 1. The van der Waals surface area contributed by atoms with Crippen LogP contribution < -0.4 is 10.6 Å². The van der Waals surface area contributed by atoms with E-state index in [4.69, 9.17) is 0 Å². The molecule has 0 radical (unpaired) electrons. The molecule has 2 N–H and O–H groups in total. The summed E-state index contributed by atoms with van der Waals surface area (Å²) in [5.41, 5.74) is 0.128. The Labute approximate surface area is 122 Å². The summed E-state index contributed by atoms with van der Waals surface area (Å²) in [6, 6.07) is 5.56. The van der Waals surface area contributed by atoms with E-state index in [1.165, 1.54) is 12.1 Å². The van der Waals surface area contributed by atoms with Crippen LogP contribution in [0.5, 0.6) is 0 Å². The molecule has 2 rings (SSSR count). The minimum absolute atomic E-state index is 0.0593. The summed E-state index contributed by atoms with van der Waals surface area (Å²) in [5.74, 6) is 0.849. The number of aliphatic imine (C=N–C) groups is 1. The van der Waals surface area contributed by atoms with Crippen molar-refractivity contribution in [2.45, 2.75) is 31.9 Å². The van der Waals surface area contributed by atoms with Crippen LogP contribution in [0.2, 0.25) is 0 Å². The van der Waals surface area contributed by atoms with Gasteiger partial charge in [0, 0.05) is 19.6 Å². The van der Waals surface area contributed by atoms with Gasteiger partial charge in [0.2, 0.25) is 0 Å². The minimum Gasteiger partial charge on any atom is -0.356 e. The van der Waals surface area contributed by atoms with Crippen LogP contribution in [0.4, 0.5) is 13.2 Å². The van der Waals surface area contributed by atoms with Gasteiger partial charge in [0.15, 0.2) is 5.96 Å². The highest BCUT2D eigenvalue weighted by Gasteiger charge is 2.30. The minimum atomic E-state index is -4.28. The molecule has 3 nitrogen and oxygen atoms in total. The van der Waals surface area contributed by atoms with Gasteiger partial charge in [-0.2, -0.15) is 13.2 Å². The Balaban J connectivity index is 1.88. The molecule has 0 saturated heterocycles. The zero-order chi connectivity index (χ0) is 15.3. The maximum atomic E-state index is 12.7. The highest BCUT2D eigenvalue weighted by molar-refractivity contribution is 5.80. The first-order valence-corrected chi connectivity index (χ1v) is 7.16. The van der Waals surface area contributed by atoms with Gasteiger partial charge in [0.25, 0.3) is 0 Å². The largest absolute Gasteiger partial charge is 0.416 e. The molecule has 0 aromatic heterocycles. The zero-order valence-electron chi connectivity index (χ0n) is 12.0. The Morgan fingerprint density at radius 2 is 2.19 bits per heavy atom. The third-order valence-electron chi connectivity index (χ3n) is 3.55. The lowest BCUT2D eigenvalue weighted by Crippen LogP contribution is -2.41. The maximum absolute atomic E-state index is 12.7. The molecule has 1 aromatic carbocycles. The normalized spacial score (nSPS) is 16.9. The average Bonchev–Trinajstić information content (AvgIpc) is 2.47. The third-order valence-corrected chi connectivity index (χ3v) is 3.55. The van der Waals surface area contributed by atoms with Crippen molar-refractivity contribution in [2.24, 2.45) is 4.99 Å². The number of alkyl halides is 3. The highest BCUT2D eigenvalue weighted by atomic mass is 19.4. The first-order valence-electron chi connectivity index (χ1n) is 7.16. The van der Waals surface area contributed by atoms with Crippen LogP contribution in [0.25, 0.3) is 0 Å². The van der Waals surface area contributed by atoms with Crippen LogP contribution in [-0.4, -0.2) is 25.6 Å². The summed E-state index contributed by atoms with van der Waals surface area (Å²) < 4.78 is 38.1. The number of rotatable bonds is 4. The van der Waals surface area contributed by atoms with Crippen LogP contribution in [-0.2, 0) is 6.18 Å². The maximum Gasteiger partial charge on any atom is 0.416 e. The fraction of sp³-hybridized carbons (Fsp3) is 0.533. The molecule has 1 aliphatic heterocycles. The second kappa shape index (κ2) is 6.83. The molecule has 0 spiro atoms. The number of hydrogen-bond acceptors (Lipinski definition) is 3. The van der Waals surface area contributed by atoms with Crippen LogP contribution in [0.3, 0.4) is 0 Å². The Hall–Kier alpha value is -1.72. The molecule has 116 valence electrons. The Kier molecular flexibility index (Phi) is 5.09. The lowest BCUT2D eigenvalue weighted by molar-refractivity contribution is -0.137. The fourth-order valence-electron chi connectivity index (χ4n) is 2.25. The lowest BCUT2D eigenvalue weighted by atomic mass is 9.96. The first-order chi connectivity index (χ1) is 9.97. The molecule has 1 heterocycles. The van der Waals surface area contributed by atoms with E-state index < -0.39 is 11.7 Å². The van der Waals surface area contributed by atoms with Gasteiger partial charge in [-0.05, 0) is 30.4 Å². The van der Waals surface area contributed by atoms with E-state index in [-0.39, 0.29) is 5.92 Å². The van der Waals surface area contributed by atoms with Crippen molar-refractivity contribution in [1.82, 2.24) is 10.6 Å². The third kappa shape index (κ3) is 4.65. The van der Waals surface area contributed by atoms with Gasteiger partial charge in [0.05, 0.1) is 5.56 Å². The van der Waals surface area contributed by atoms with E-state index in [0.717, 1.165) is 38.0 Å². The number of halogens is 3.